The van der Waals surface area contributed by atoms with Gasteiger partial charge in [0.1, 0.15) is 0 Å². The van der Waals surface area contributed by atoms with Gasteiger partial charge in [0.05, 0.1) is 0 Å². The second kappa shape index (κ2) is 4.95. The second-order valence-electron chi connectivity index (χ2n) is 3.57. The number of hydrogen-bond acceptors (Lipinski definition) is 1. The smallest absolute Gasteiger partial charge is 0.327 e. The van der Waals surface area contributed by atoms with Crippen LogP contribution in [-0.4, -0.2) is 30.2 Å². The first-order valence-corrected chi connectivity index (χ1v) is 4.57. The Balaban J connectivity index is 5.15. The Hall–Kier alpha value is -0.600. The van der Waals surface area contributed by atoms with Crippen molar-refractivity contribution in [3.63, 3.8) is 0 Å². The van der Waals surface area contributed by atoms with Crippen LogP contribution < -0.4 is 5.73 Å². The highest BCUT2D eigenvalue weighted by Gasteiger charge is 2.75. The van der Waals surface area contributed by atoms with Crippen molar-refractivity contribution in [1.29, 1.82) is 0 Å². The summed E-state index contributed by atoms with van der Waals surface area (Å²) in [5.41, 5.74) is 4.93. The minimum absolute atomic E-state index is 0.175. The molecule has 0 aliphatic rings. The summed E-state index contributed by atoms with van der Waals surface area (Å²) in [4.78, 5) is 0. The SMILES string of the molecule is CCC(N)CC(F)(F)C(F)(F)C(F)(F)C(F)F. The fourth-order valence-electron chi connectivity index (χ4n) is 0.983. The Morgan fingerprint density at radius 3 is 1.71 bits per heavy atom. The molecule has 0 rings (SSSR count). The predicted octanol–water partition coefficient (Wildman–Crippen LogP) is 3.28. The molecule has 0 fully saturated rings. The molecule has 0 bridgehead atoms. The summed E-state index contributed by atoms with van der Waals surface area (Å²) in [7, 11) is 0. The van der Waals surface area contributed by atoms with Crippen molar-refractivity contribution < 1.29 is 35.1 Å². The van der Waals surface area contributed by atoms with Gasteiger partial charge in [-0.05, 0) is 6.42 Å². The van der Waals surface area contributed by atoms with E-state index in [-0.39, 0.29) is 6.42 Å². The zero-order valence-corrected chi connectivity index (χ0v) is 8.67. The first kappa shape index (κ1) is 16.4. The molecule has 104 valence electrons. The van der Waals surface area contributed by atoms with Crippen LogP contribution in [0.1, 0.15) is 19.8 Å². The third-order valence-corrected chi connectivity index (χ3v) is 2.19. The molecule has 0 spiro atoms. The van der Waals surface area contributed by atoms with Gasteiger partial charge in [0.2, 0.25) is 0 Å². The molecule has 0 aliphatic heterocycles. The Morgan fingerprint density at radius 2 is 1.41 bits per heavy atom. The molecule has 0 aromatic heterocycles. The first-order valence-electron chi connectivity index (χ1n) is 4.57. The van der Waals surface area contributed by atoms with Gasteiger partial charge in [-0.25, -0.2) is 8.78 Å². The van der Waals surface area contributed by atoms with Crippen molar-refractivity contribution in [3.8, 4) is 0 Å². The quantitative estimate of drug-likeness (QED) is 0.738. The largest absolute Gasteiger partial charge is 0.377 e. The lowest BCUT2D eigenvalue weighted by molar-refractivity contribution is -0.340. The van der Waals surface area contributed by atoms with Crippen LogP contribution in [0.5, 0.6) is 0 Å². The molecule has 0 aliphatic carbocycles. The van der Waals surface area contributed by atoms with E-state index in [1.165, 1.54) is 6.92 Å². The third kappa shape index (κ3) is 2.99. The minimum Gasteiger partial charge on any atom is -0.327 e. The maximum absolute atomic E-state index is 12.9. The van der Waals surface area contributed by atoms with Crippen molar-refractivity contribution in [2.45, 2.75) is 50.0 Å². The maximum Gasteiger partial charge on any atom is 0.377 e. The maximum atomic E-state index is 12.9. The molecule has 0 aromatic carbocycles. The Morgan fingerprint density at radius 1 is 1.00 bits per heavy atom. The fourth-order valence-corrected chi connectivity index (χ4v) is 0.983. The van der Waals surface area contributed by atoms with Crippen LogP contribution in [0.4, 0.5) is 35.1 Å². The average molecular weight is 273 g/mol. The van der Waals surface area contributed by atoms with E-state index >= 15 is 0 Å². The normalized spacial score (nSPS) is 16.4. The van der Waals surface area contributed by atoms with Gasteiger partial charge in [0.25, 0.3) is 0 Å². The van der Waals surface area contributed by atoms with Gasteiger partial charge in [0.15, 0.2) is 0 Å². The van der Waals surface area contributed by atoms with Gasteiger partial charge in [-0.3, -0.25) is 0 Å². The second-order valence-corrected chi connectivity index (χ2v) is 3.57. The summed E-state index contributed by atoms with van der Waals surface area (Å²) < 4.78 is 99.1. The minimum atomic E-state index is -6.15. The van der Waals surface area contributed by atoms with E-state index in [2.05, 4.69) is 0 Å². The molecular formula is C8H11F8N. The predicted molar refractivity (Wildman–Crippen MR) is 43.7 cm³/mol. The summed E-state index contributed by atoms with van der Waals surface area (Å²) in [6.45, 7) is 1.27. The molecule has 0 amide bonds. The zero-order chi connectivity index (χ0) is 14.1. The van der Waals surface area contributed by atoms with E-state index < -0.39 is 36.7 Å². The lowest BCUT2D eigenvalue weighted by Crippen LogP contribution is -2.58. The molecule has 1 unspecified atom stereocenters. The molecule has 0 heterocycles. The number of hydrogen-bond donors (Lipinski definition) is 1. The highest BCUT2D eigenvalue weighted by molar-refractivity contribution is 4.98. The van der Waals surface area contributed by atoms with E-state index in [0.29, 0.717) is 0 Å². The number of halogens is 8. The molecule has 2 N–H and O–H groups in total. The molecule has 1 nitrogen and oxygen atoms in total. The molecular weight excluding hydrogens is 262 g/mol. The topological polar surface area (TPSA) is 26.0 Å². The Labute approximate surface area is 92.0 Å². The summed E-state index contributed by atoms with van der Waals surface area (Å²) in [6, 6.07) is -1.48. The zero-order valence-electron chi connectivity index (χ0n) is 8.67. The lowest BCUT2D eigenvalue weighted by atomic mass is 9.97. The molecule has 0 aromatic rings. The molecule has 0 saturated heterocycles. The van der Waals surface area contributed by atoms with E-state index in [4.69, 9.17) is 5.73 Å². The van der Waals surface area contributed by atoms with Gasteiger partial charge in [0, 0.05) is 12.5 Å². The van der Waals surface area contributed by atoms with Crippen LogP contribution in [0.25, 0.3) is 0 Å². The Kier molecular flexibility index (Phi) is 4.77. The fraction of sp³-hybridized carbons (Fsp3) is 1.00. The van der Waals surface area contributed by atoms with Crippen molar-refractivity contribution in [3.05, 3.63) is 0 Å². The number of nitrogens with two attached hydrogens (primary N) is 1. The van der Waals surface area contributed by atoms with Crippen LogP contribution in [0, 0.1) is 0 Å². The van der Waals surface area contributed by atoms with Gasteiger partial charge >= 0.3 is 24.2 Å². The van der Waals surface area contributed by atoms with E-state index in [1.807, 2.05) is 0 Å². The van der Waals surface area contributed by atoms with Gasteiger partial charge in [-0.15, -0.1) is 0 Å². The van der Waals surface area contributed by atoms with E-state index in [1.54, 1.807) is 0 Å². The Bertz CT molecular complexity index is 252. The number of rotatable bonds is 6. The highest BCUT2D eigenvalue weighted by atomic mass is 19.4. The molecule has 0 radical (unpaired) electrons. The molecule has 9 heteroatoms. The molecule has 1 atom stereocenters. The van der Waals surface area contributed by atoms with Gasteiger partial charge < -0.3 is 5.73 Å². The molecule has 17 heavy (non-hydrogen) atoms. The summed E-state index contributed by atoms with van der Waals surface area (Å²) >= 11 is 0. The van der Waals surface area contributed by atoms with Crippen LogP contribution in [0.3, 0.4) is 0 Å². The van der Waals surface area contributed by atoms with Crippen molar-refractivity contribution in [2.24, 2.45) is 5.73 Å². The van der Waals surface area contributed by atoms with Crippen molar-refractivity contribution in [2.75, 3.05) is 0 Å². The summed E-state index contributed by atoms with van der Waals surface area (Å²) in [5.74, 6) is -17.6. The van der Waals surface area contributed by atoms with Crippen molar-refractivity contribution >= 4 is 0 Å². The average Bonchev–Trinajstić information content (AvgIpc) is 2.15. The summed E-state index contributed by atoms with van der Waals surface area (Å²) in [5, 5.41) is 0. The van der Waals surface area contributed by atoms with Crippen LogP contribution >= 0.6 is 0 Å². The standard InChI is InChI=1S/C8H11F8N/c1-2-4(17)3-6(11,12)8(15,16)7(13,14)5(9)10/h4-5H,2-3,17H2,1H3. The van der Waals surface area contributed by atoms with Crippen molar-refractivity contribution in [1.82, 2.24) is 0 Å². The monoisotopic (exact) mass is 273 g/mol. The van der Waals surface area contributed by atoms with Gasteiger partial charge in [-0.2, -0.15) is 26.3 Å². The third-order valence-electron chi connectivity index (χ3n) is 2.19. The van der Waals surface area contributed by atoms with Crippen LogP contribution in [0.2, 0.25) is 0 Å². The number of alkyl halides is 8. The van der Waals surface area contributed by atoms with Crippen LogP contribution in [-0.2, 0) is 0 Å². The highest BCUT2D eigenvalue weighted by Crippen LogP contribution is 2.50. The van der Waals surface area contributed by atoms with E-state index in [9.17, 15) is 35.1 Å². The summed E-state index contributed by atoms with van der Waals surface area (Å²) in [6.07, 6.45) is -6.86. The molecule has 0 saturated carbocycles. The van der Waals surface area contributed by atoms with Gasteiger partial charge in [-0.1, -0.05) is 6.92 Å². The lowest BCUT2D eigenvalue weighted by Gasteiger charge is -2.33. The first-order chi connectivity index (χ1) is 7.40. The van der Waals surface area contributed by atoms with E-state index in [0.717, 1.165) is 0 Å². The van der Waals surface area contributed by atoms with Crippen LogP contribution in [0.15, 0.2) is 0 Å².